The average molecular weight is 331 g/mol. The summed E-state index contributed by atoms with van der Waals surface area (Å²) in [6.45, 7) is 6.22. The first-order chi connectivity index (χ1) is 7.63. The first-order valence-electron chi connectivity index (χ1n) is 4.98. The predicted molar refractivity (Wildman–Crippen MR) is 73.4 cm³/mol. The Bertz CT molecular complexity index is 373. The third kappa shape index (κ3) is 4.22. The van der Waals surface area contributed by atoms with Gasteiger partial charge >= 0.3 is 5.97 Å². The second kappa shape index (κ2) is 6.52. The van der Waals surface area contributed by atoms with E-state index >= 15 is 0 Å². The summed E-state index contributed by atoms with van der Waals surface area (Å²) in [5.74, 6) is -0.347. The lowest BCUT2D eigenvalue weighted by Crippen LogP contribution is -2.14. The molecule has 4 heteroatoms. The maximum Gasteiger partial charge on any atom is 0.335 e. The molecule has 0 aliphatic carbocycles. The molecule has 0 atom stereocenters. The molecule has 0 spiro atoms. The van der Waals surface area contributed by atoms with E-state index in [0.29, 0.717) is 18.7 Å². The van der Waals surface area contributed by atoms with Gasteiger partial charge in [0.15, 0.2) is 0 Å². The van der Waals surface area contributed by atoms with E-state index in [4.69, 9.17) is 4.74 Å². The number of rotatable bonds is 5. The zero-order valence-corrected chi connectivity index (χ0v) is 11.3. The van der Waals surface area contributed by atoms with Crippen LogP contribution in [0.15, 0.2) is 36.4 Å². The summed E-state index contributed by atoms with van der Waals surface area (Å²) >= 11 is 2.24. The molecule has 1 aromatic carbocycles. The van der Waals surface area contributed by atoms with Crippen molar-refractivity contribution in [1.29, 1.82) is 0 Å². The Labute approximate surface area is 109 Å². The Morgan fingerprint density at radius 1 is 1.44 bits per heavy atom. The van der Waals surface area contributed by atoms with Crippen LogP contribution in [0, 0.1) is 3.57 Å². The Balaban J connectivity index is 2.42. The van der Waals surface area contributed by atoms with Gasteiger partial charge in [-0.3, -0.25) is 0 Å². The number of nitrogens with one attached hydrogen (secondary N) is 1. The van der Waals surface area contributed by atoms with Gasteiger partial charge in [-0.15, -0.1) is 0 Å². The number of hydrogen-bond donors (Lipinski definition) is 1. The van der Waals surface area contributed by atoms with Crippen molar-refractivity contribution < 1.29 is 9.53 Å². The predicted octanol–water partition coefficient (Wildman–Crippen LogP) is 2.82. The highest BCUT2D eigenvalue weighted by Crippen LogP contribution is 2.11. The largest absolute Gasteiger partial charge is 0.463 e. The molecule has 0 aliphatic heterocycles. The number of carbonyl (C=O) groups is 1. The van der Waals surface area contributed by atoms with Gasteiger partial charge in [0.05, 0.1) is 6.61 Å². The smallest absolute Gasteiger partial charge is 0.335 e. The van der Waals surface area contributed by atoms with E-state index in [-0.39, 0.29) is 5.97 Å². The minimum Gasteiger partial charge on any atom is -0.463 e. The Morgan fingerprint density at radius 2 is 2.06 bits per heavy atom. The molecule has 86 valence electrons. The normalized spacial score (nSPS) is 9.62. The van der Waals surface area contributed by atoms with Crippen LogP contribution in [0.1, 0.15) is 6.92 Å². The van der Waals surface area contributed by atoms with E-state index in [2.05, 4.69) is 34.5 Å². The lowest BCUT2D eigenvalue weighted by molar-refractivity contribution is -0.138. The second-order valence-corrected chi connectivity index (χ2v) is 4.43. The molecule has 0 radical (unpaired) electrons. The van der Waals surface area contributed by atoms with Crippen LogP contribution in [0.5, 0.6) is 0 Å². The van der Waals surface area contributed by atoms with E-state index in [0.717, 1.165) is 5.69 Å². The number of carbonyl (C=O) groups excluding carboxylic acids is 1. The fraction of sp³-hybridized carbons (Fsp3) is 0.250. The molecule has 0 amide bonds. The fourth-order valence-corrected chi connectivity index (χ4v) is 1.44. The summed E-state index contributed by atoms with van der Waals surface area (Å²) in [6, 6.07) is 7.91. The molecule has 0 bridgehead atoms. The topological polar surface area (TPSA) is 38.3 Å². The van der Waals surface area contributed by atoms with Crippen LogP contribution in [0.2, 0.25) is 0 Å². The highest BCUT2D eigenvalue weighted by atomic mass is 127. The van der Waals surface area contributed by atoms with E-state index in [1.54, 1.807) is 6.92 Å². The van der Waals surface area contributed by atoms with E-state index < -0.39 is 0 Å². The van der Waals surface area contributed by atoms with Gasteiger partial charge in [-0.05, 0) is 53.8 Å². The molecule has 0 saturated heterocycles. The van der Waals surface area contributed by atoms with Crippen molar-refractivity contribution in [2.75, 3.05) is 18.5 Å². The molecule has 1 N–H and O–H groups in total. The third-order valence-corrected chi connectivity index (χ3v) is 2.63. The summed E-state index contributed by atoms with van der Waals surface area (Å²) < 4.78 is 6.01. The van der Waals surface area contributed by atoms with Gasteiger partial charge in [0, 0.05) is 21.4 Å². The second-order valence-electron chi connectivity index (χ2n) is 3.18. The van der Waals surface area contributed by atoms with Crippen molar-refractivity contribution in [3.05, 3.63) is 40.0 Å². The first kappa shape index (κ1) is 13.0. The van der Waals surface area contributed by atoms with E-state index in [1.807, 2.05) is 24.3 Å². The summed E-state index contributed by atoms with van der Waals surface area (Å²) in [6.07, 6.45) is 0. The SMILES string of the molecule is C=C(CNc1ccc(I)cc1)C(=O)OCC. The molecular formula is C12H14INO2. The standard InChI is InChI=1S/C12H14INO2/c1-3-16-12(15)9(2)8-14-11-6-4-10(13)5-7-11/h4-7,14H,2-3,8H2,1H3. The van der Waals surface area contributed by atoms with Crippen LogP contribution in [-0.4, -0.2) is 19.1 Å². The molecule has 16 heavy (non-hydrogen) atoms. The number of halogens is 1. The molecule has 0 unspecified atom stereocenters. The van der Waals surface area contributed by atoms with Crippen molar-refractivity contribution >= 4 is 34.2 Å². The van der Waals surface area contributed by atoms with Crippen molar-refractivity contribution in [3.8, 4) is 0 Å². The minimum absolute atomic E-state index is 0.347. The van der Waals surface area contributed by atoms with Crippen LogP contribution in [0.25, 0.3) is 0 Å². The summed E-state index contributed by atoms with van der Waals surface area (Å²) in [5.41, 5.74) is 1.39. The average Bonchev–Trinajstić information content (AvgIpc) is 2.28. The van der Waals surface area contributed by atoms with Crippen molar-refractivity contribution in [1.82, 2.24) is 0 Å². The Hall–Kier alpha value is -1.04. The molecular weight excluding hydrogens is 317 g/mol. The van der Waals surface area contributed by atoms with Gasteiger partial charge in [0.2, 0.25) is 0 Å². The monoisotopic (exact) mass is 331 g/mol. The number of ether oxygens (including phenoxy) is 1. The lowest BCUT2D eigenvalue weighted by Gasteiger charge is -2.08. The van der Waals surface area contributed by atoms with Gasteiger partial charge in [0.1, 0.15) is 0 Å². The first-order valence-corrected chi connectivity index (χ1v) is 6.05. The number of esters is 1. The fourth-order valence-electron chi connectivity index (χ4n) is 1.08. The zero-order valence-electron chi connectivity index (χ0n) is 9.13. The highest BCUT2D eigenvalue weighted by molar-refractivity contribution is 14.1. The number of hydrogen-bond acceptors (Lipinski definition) is 3. The van der Waals surface area contributed by atoms with Crippen molar-refractivity contribution in [2.45, 2.75) is 6.92 Å². The molecule has 0 heterocycles. The van der Waals surface area contributed by atoms with Crippen LogP contribution in [0.3, 0.4) is 0 Å². The van der Waals surface area contributed by atoms with E-state index in [9.17, 15) is 4.79 Å². The number of benzene rings is 1. The number of anilines is 1. The van der Waals surface area contributed by atoms with Gasteiger partial charge in [0.25, 0.3) is 0 Å². The van der Waals surface area contributed by atoms with Crippen LogP contribution < -0.4 is 5.32 Å². The van der Waals surface area contributed by atoms with Crippen LogP contribution in [0.4, 0.5) is 5.69 Å². The van der Waals surface area contributed by atoms with Gasteiger partial charge in [-0.1, -0.05) is 6.58 Å². The summed E-state index contributed by atoms with van der Waals surface area (Å²) in [5, 5.41) is 3.11. The Morgan fingerprint density at radius 3 is 2.62 bits per heavy atom. The Kier molecular flexibility index (Phi) is 5.31. The van der Waals surface area contributed by atoms with E-state index in [1.165, 1.54) is 3.57 Å². The molecule has 1 aromatic rings. The van der Waals surface area contributed by atoms with Gasteiger partial charge < -0.3 is 10.1 Å². The maximum absolute atomic E-state index is 11.3. The third-order valence-electron chi connectivity index (χ3n) is 1.91. The van der Waals surface area contributed by atoms with Crippen molar-refractivity contribution in [2.24, 2.45) is 0 Å². The lowest BCUT2D eigenvalue weighted by atomic mass is 10.2. The quantitative estimate of drug-likeness (QED) is 0.512. The molecule has 0 aliphatic rings. The van der Waals surface area contributed by atoms with Gasteiger partial charge in [-0.25, -0.2) is 4.79 Å². The highest BCUT2D eigenvalue weighted by Gasteiger charge is 2.06. The molecule has 1 rings (SSSR count). The van der Waals surface area contributed by atoms with Crippen molar-refractivity contribution in [3.63, 3.8) is 0 Å². The molecule has 3 nitrogen and oxygen atoms in total. The minimum atomic E-state index is -0.347. The van der Waals surface area contributed by atoms with Crippen LogP contribution in [-0.2, 0) is 9.53 Å². The maximum atomic E-state index is 11.3. The van der Waals surface area contributed by atoms with Gasteiger partial charge in [-0.2, -0.15) is 0 Å². The molecule has 0 aromatic heterocycles. The molecule has 0 fully saturated rings. The summed E-state index contributed by atoms with van der Waals surface area (Å²) in [4.78, 5) is 11.3. The zero-order chi connectivity index (χ0) is 12.0. The summed E-state index contributed by atoms with van der Waals surface area (Å²) in [7, 11) is 0. The van der Waals surface area contributed by atoms with Crippen LogP contribution >= 0.6 is 22.6 Å². The molecule has 0 saturated carbocycles.